The first-order chi connectivity index (χ1) is 15.1. The van der Waals surface area contributed by atoms with Crippen LogP contribution in [0.3, 0.4) is 0 Å². The molecule has 7 heteroatoms. The molecule has 31 heavy (non-hydrogen) atoms. The van der Waals surface area contributed by atoms with Crippen LogP contribution in [0.5, 0.6) is 0 Å². The van der Waals surface area contributed by atoms with Gasteiger partial charge in [0.2, 0.25) is 5.91 Å². The van der Waals surface area contributed by atoms with E-state index in [2.05, 4.69) is 21.2 Å². The summed E-state index contributed by atoms with van der Waals surface area (Å²) in [5, 5.41) is 2.96. The van der Waals surface area contributed by atoms with Crippen LogP contribution < -0.4 is 5.32 Å². The number of amides is 2. The molecule has 3 aromatic rings. The van der Waals surface area contributed by atoms with Gasteiger partial charge in [0, 0.05) is 36.1 Å². The van der Waals surface area contributed by atoms with Gasteiger partial charge in [0.25, 0.3) is 5.91 Å². The normalized spacial score (nSPS) is 14.4. The van der Waals surface area contributed by atoms with Crippen LogP contribution in [-0.4, -0.2) is 45.9 Å². The fraction of sp³-hybridized carbons (Fsp3) is 0.375. The van der Waals surface area contributed by atoms with Crippen molar-refractivity contribution >= 4 is 38.8 Å². The minimum atomic E-state index is -0.121. The Morgan fingerprint density at radius 1 is 1.00 bits per heavy atom. The van der Waals surface area contributed by atoms with Crippen LogP contribution in [0.4, 0.5) is 0 Å². The van der Waals surface area contributed by atoms with Gasteiger partial charge in [-0.15, -0.1) is 0 Å². The lowest BCUT2D eigenvalue weighted by atomic mass is 10.2. The Balaban J connectivity index is 1.47. The van der Waals surface area contributed by atoms with Gasteiger partial charge < -0.3 is 14.8 Å². The molecule has 0 saturated carbocycles. The molecule has 0 aliphatic carbocycles. The van der Waals surface area contributed by atoms with E-state index in [1.165, 1.54) is 12.8 Å². The highest BCUT2D eigenvalue weighted by atomic mass is 79.9. The lowest BCUT2D eigenvalue weighted by Crippen LogP contribution is -2.35. The molecule has 1 fully saturated rings. The van der Waals surface area contributed by atoms with Gasteiger partial charge in [0.15, 0.2) is 0 Å². The van der Waals surface area contributed by atoms with E-state index in [4.69, 9.17) is 4.98 Å². The van der Waals surface area contributed by atoms with Crippen LogP contribution in [0, 0.1) is 0 Å². The maximum Gasteiger partial charge on any atom is 0.251 e. The second-order valence-electron chi connectivity index (χ2n) is 7.91. The Morgan fingerprint density at radius 3 is 2.55 bits per heavy atom. The molecular weight excluding hydrogens is 456 g/mol. The van der Waals surface area contributed by atoms with Gasteiger partial charge in [-0.25, -0.2) is 4.98 Å². The number of hydrogen-bond donors (Lipinski definition) is 1. The summed E-state index contributed by atoms with van der Waals surface area (Å²) >= 11 is 3.40. The summed E-state index contributed by atoms with van der Waals surface area (Å²) in [5.41, 5.74) is 2.44. The SMILES string of the molecule is O=C(NCCc1nc2ccccc2n1CC(=O)N1CCCCCC1)c1cccc(Br)c1. The number of imidazole rings is 1. The first kappa shape index (κ1) is 21.6. The van der Waals surface area contributed by atoms with Crippen LogP contribution >= 0.6 is 15.9 Å². The Hall–Kier alpha value is -2.67. The summed E-state index contributed by atoms with van der Waals surface area (Å²) in [5.74, 6) is 0.841. The number of para-hydroxylation sites is 2. The molecule has 1 aromatic heterocycles. The van der Waals surface area contributed by atoms with E-state index >= 15 is 0 Å². The molecule has 4 rings (SSSR count). The molecule has 0 atom stereocenters. The molecule has 0 unspecified atom stereocenters. The first-order valence-corrected chi connectivity index (χ1v) is 11.7. The van der Waals surface area contributed by atoms with E-state index < -0.39 is 0 Å². The van der Waals surface area contributed by atoms with Crippen LogP contribution in [0.25, 0.3) is 11.0 Å². The van der Waals surface area contributed by atoms with Crippen LogP contribution in [0.15, 0.2) is 53.0 Å². The number of benzene rings is 2. The van der Waals surface area contributed by atoms with Crippen LogP contribution in [0.2, 0.25) is 0 Å². The Bertz CT molecular complexity index is 1070. The van der Waals surface area contributed by atoms with Gasteiger partial charge >= 0.3 is 0 Å². The highest BCUT2D eigenvalue weighted by molar-refractivity contribution is 9.10. The molecule has 2 aromatic carbocycles. The van der Waals surface area contributed by atoms with E-state index in [9.17, 15) is 9.59 Å². The molecule has 0 bridgehead atoms. The quantitative estimate of drug-likeness (QED) is 0.572. The van der Waals surface area contributed by atoms with Crippen molar-refractivity contribution in [3.05, 3.63) is 64.4 Å². The summed E-state index contributed by atoms with van der Waals surface area (Å²) in [6.45, 7) is 2.41. The van der Waals surface area contributed by atoms with Crippen molar-refractivity contribution in [2.75, 3.05) is 19.6 Å². The predicted octanol–water partition coefficient (Wildman–Crippen LogP) is 4.17. The molecule has 6 nitrogen and oxygen atoms in total. The zero-order valence-corrected chi connectivity index (χ0v) is 19.1. The maximum absolute atomic E-state index is 13.0. The number of hydrogen-bond acceptors (Lipinski definition) is 3. The van der Waals surface area contributed by atoms with Crippen molar-refractivity contribution in [2.24, 2.45) is 0 Å². The Morgan fingerprint density at radius 2 is 1.77 bits per heavy atom. The molecular formula is C24H27BrN4O2. The molecule has 0 radical (unpaired) electrons. The fourth-order valence-corrected chi connectivity index (χ4v) is 4.47. The average molecular weight is 483 g/mol. The first-order valence-electron chi connectivity index (χ1n) is 10.9. The van der Waals surface area contributed by atoms with E-state index in [1.54, 1.807) is 12.1 Å². The van der Waals surface area contributed by atoms with Crippen molar-refractivity contribution in [2.45, 2.75) is 38.6 Å². The second-order valence-corrected chi connectivity index (χ2v) is 8.83. The minimum Gasteiger partial charge on any atom is -0.352 e. The van der Waals surface area contributed by atoms with E-state index in [-0.39, 0.29) is 18.4 Å². The lowest BCUT2D eigenvalue weighted by molar-refractivity contribution is -0.131. The lowest BCUT2D eigenvalue weighted by Gasteiger charge is -2.21. The van der Waals surface area contributed by atoms with Crippen molar-refractivity contribution in [3.63, 3.8) is 0 Å². The van der Waals surface area contributed by atoms with Crippen molar-refractivity contribution in [1.82, 2.24) is 19.8 Å². The molecule has 2 heterocycles. The molecule has 2 amide bonds. The molecule has 1 aliphatic rings. The molecule has 1 aliphatic heterocycles. The largest absolute Gasteiger partial charge is 0.352 e. The zero-order chi connectivity index (χ0) is 21.6. The van der Waals surface area contributed by atoms with E-state index in [1.807, 2.05) is 45.9 Å². The number of carbonyl (C=O) groups is 2. The highest BCUT2D eigenvalue weighted by Crippen LogP contribution is 2.18. The number of halogens is 1. The van der Waals surface area contributed by atoms with Gasteiger partial charge in [-0.05, 0) is 43.2 Å². The smallest absolute Gasteiger partial charge is 0.251 e. The minimum absolute atomic E-state index is 0.121. The fourth-order valence-electron chi connectivity index (χ4n) is 4.07. The summed E-state index contributed by atoms with van der Waals surface area (Å²) in [7, 11) is 0. The number of rotatable bonds is 6. The van der Waals surface area contributed by atoms with Crippen molar-refractivity contribution in [1.29, 1.82) is 0 Å². The van der Waals surface area contributed by atoms with Gasteiger partial charge in [0.1, 0.15) is 12.4 Å². The van der Waals surface area contributed by atoms with Crippen LogP contribution in [0.1, 0.15) is 41.9 Å². The molecule has 0 spiro atoms. The van der Waals surface area contributed by atoms with Crippen LogP contribution in [-0.2, 0) is 17.8 Å². The number of nitrogens with one attached hydrogen (secondary N) is 1. The second kappa shape index (κ2) is 10.1. The summed E-state index contributed by atoms with van der Waals surface area (Å²) in [6, 6.07) is 15.2. The van der Waals surface area contributed by atoms with Gasteiger partial charge in [0.05, 0.1) is 11.0 Å². The molecule has 1 saturated heterocycles. The topological polar surface area (TPSA) is 67.2 Å². The Kier molecular flexibility index (Phi) is 7.02. The molecule has 162 valence electrons. The standard InChI is InChI=1S/C24H27BrN4O2/c25-19-9-7-8-18(16-19)24(31)26-13-12-22-27-20-10-3-4-11-21(20)29(22)17-23(30)28-14-5-1-2-6-15-28/h3-4,7-11,16H,1-2,5-6,12-15,17H2,(H,26,31). The Labute approximate surface area is 190 Å². The number of nitrogens with zero attached hydrogens (tertiary/aromatic N) is 3. The summed E-state index contributed by atoms with van der Waals surface area (Å²) < 4.78 is 2.88. The van der Waals surface area contributed by atoms with Gasteiger partial charge in [-0.1, -0.05) is 47.0 Å². The maximum atomic E-state index is 13.0. The third-order valence-electron chi connectivity index (χ3n) is 5.71. The number of likely N-dealkylation sites (tertiary alicyclic amines) is 1. The number of fused-ring (bicyclic) bond motifs is 1. The third kappa shape index (κ3) is 5.34. The van der Waals surface area contributed by atoms with Gasteiger partial charge in [-0.3, -0.25) is 9.59 Å². The number of aromatic nitrogens is 2. The van der Waals surface area contributed by atoms with Crippen molar-refractivity contribution < 1.29 is 9.59 Å². The zero-order valence-electron chi connectivity index (χ0n) is 17.5. The predicted molar refractivity (Wildman–Crippen MR) is 125 cm³/mol. The van der Waals surface area contributed by atoms with Gasteiger partial charge in [-0.2, -0.15) is 0 Å². The average Bonchev–Trinajstić information content (AvgIpc) is 2.94. The van der Waals surface area contributed by atoms with E-state index in [0.29, 0.717) is 18.5 Å². The van der Waals surface area contributed by atoms with E-state index in [0.717, 1.165) is 47.3 Å². The number of carbonyl (C=O) groups excluding carboxylic acids is 2. The summed E-state index contributed by atoms with van der Waals surface area (Å²) in [6.07, 6.45) is 5.10. The highest BCUT2D eigenvalue weighted by Gasteiger charge is 2.19. The third-order valence-corrected chi connectivity index (χ3v) is 6.20. The summed E-state index contributed by atoms with van der Waals surface area (Å²) in [4.78, 5) is 32.2. The molecule has 1 N–H and O–H groups in total. The van der Waals surface area contributed by atoms with Crippen molar-refractivity contribution in [3.8, 4) is 0 Å². The monoisotopic (exact) mass is 482 g/mol.